The summed E-state index contributed by atoms with van der Waals surface area (Å²) in [6.45, 7) is 2.08. The normalized spacial score (nSPS) is 19.4. The Morgan fingerprint density at radius 1 is 0.826 bits per heavy atom. The molecule has 4 rings (SSSR count). The molecule has 0 saturated heterocycles. The topological polar surface area (TPSA) is 34.5 Å². The number of para-hydroxylation sites is 1. The minimum Gasteiger partial charge on any atom is -0.460 e. The molecule has 112 valence electrons. The van der Waals surface area contributed by atoms with Crippen LogP contribution in [-0.4, -0.2) is 10.9 Å². The van der Waals surface area contributed by atoms with Gasteiger partial charge in [0.2, 0.25) is 5.90 Å². The van der Waals surface area contributed by atoms with Crippen molar-refractivity contribution >= 4 is 11.6 Å². The van der Waals surface area contributed by atoms with E-state index in [1.54, 1.807) is 6.20 Å². The maximum atomic E-state index is 6.36. The summed E-state index contributed by atoms with van der Waals surface area (Å²) in [6.07, 6.45) is 1.75. The van der Waals surface area contributed by atoms with Crippen molar-refractivity contribution < 1.29 is 4.74 Å². The Hall–Kier alpha value is -2.94. The molecule has 0 aliphatic carbocycles. The molecule has 1 aliphatic heterocycles. The minimum atomic E-state index is -0.591. The molecule has 0 bridgehead atoms. The maximum absolute atomic E-state index is 6.36. The van der Waals surface area contributed by atoms with Crippen molar-refractivity contribution in [2.24, 2.45) is 4.99 Å². The lowest BCUT2D eigenvalue weighted by atomic mass is 9.86. The lowest BCUT2D eigenvalue weighted by molar-refractivity contribution is 0.114. The van der Waals surface area contributed by atoms with E-state index >= 15 is 0 Å². The first-order valence-electron chi connectivity index (χ1n) is 7.61. The van der Waals surface area contributed by atoms with Crippen LogP contribution in [0.5, 0.6) is 0 Å². The molecule has 2 heterocycles. The van der Waals surface area contributed by atoms with Crippen LogP contribution in [0.15, 0.2) is 84.0 Å². The summed E-state index contributed by atoms with van der Waals surface area (Å²) in [6, 6.07) is 24.1. The number of rotatable bonds is 2. The van der Waals surface area contributed by atoms with Crippen molar-refractivity contribution in [2.75, 3.05) is 0 Å². The van der Waals surface area contributed by atoms with Crippen LogP contribution in [0.3, 0.4) is 0 Å². The molecule has 0 amide bonds. The van der Waals surface area contributed by atoms with Crippen molar-refractivity contribution in [2.45, 2.75) is 12.5 Å². The average Bonchev–Trinajstić information content (AvgIpc) is 2.63. The molecule has 0 N–H and O–H groups in total. The molecular weight excluding hydrogens is 284 g/mol. The smallest absolute Gasteiger partial charge is 0.241 e. The van der Waals surface area contributed by atoms with Crippen LogP contribution in [-0.2, 0) is 10.3 Å². The second kappa shape index (κ2) is 5.36. The third-order valence-electron chi connectivity index (χ3n) is 4.15. The van der Waals surface area contributed by atoms with Crippen molar-refractivity contribution in [3.8, 4) is 0 Å². The van der Waals surface area contributed by atoms with Gasteiger partial charge in [-0.1, -0.05) is 54.6 Å². The van der Waals surface area contributed by atoms with Crippen LogP contribution in [0.2, 0.25) is 0 Å². The largest absolute Gasteiger partial charge is 0.460 e. The molecule has 1 unspecified atom stereocenters. The summed E-state index contributed by atoms with van der Waals surface area (Å²) >= 11 is 0. The SMILES string of the molecule is CC1(c2ccccc2)OC(c2ccccn2)=Nc2ccccc21. The van der Waals surface area contributed by atoms with Crippen molar-refractivity contribution in [3.63, 3.8) is 0 Å². The molecular formula is C20H16N2O. The van der Waals surface area contributed by atoms with Crippen LogP contribution in [0.25, 0.3) is 0 Å². The molecule has 1 aromatic heterocycles. The van der Waals surface area contributed by atoms with E-state index in [-0.39, 0.29) is 0 Å². The van der Waals surface area contributed by atoms with E-state index in [1.807, 2.05) is 54.6 Å². The number of aliphatic imine (C=N–C) groups is 1. The summed E-state index contributed by atoms with van der Waals surface area (Å²) in [7, 11) is 0. The molecule has 1 aliphatic rings. The predicted molar refractivity (Wildman–Crippen MR) is 90.9 cm³/mol. The van der Waals surface area contributed by atoms with Gasteiger partial charge in [-0.25, -0.2) is 4.99 Å². The number of ether oxygens (including phenoxy) is 1. The number of nitrogens with zero attached hydrogens (tertiary/aromatic N) is 2. The Bertz CT molecular complexity index is 859. The first-order valence-corrected chi connectivity index (χ1v) is 7.61. The molecule has 0 spiro atoms. The summed E-state index contributed by atoms with van der Waals surface area (Å²) < 4.78 is 6.36. The van der Waals surface area contributed by atoms with Gasteiger partial charge in [0.15, 0.2) is 5.60 Å². The number of hydrogen-bond acceptors (Lipinski definition) is 3. The average molecular weight is 300 g/mol. The molecule has 0 saturated carbocycles. The van der Waals surface area contributed by atoms with Gasteiger partial charge >= 0.3 is 0 Å². The molecule has 2 aromatic carbocycles. The zero-order chi connectivity index (χ0) is 15.7. The highest BCUT2D eigenvalue weighted by Crippen LogP contribution is 2.42. The van der Waals surface area contributed by atoms with E-state index < -0.39 is 5.60 Å². The Kier molecular flexibility index (Phi) is 3.19. The van der Waals surface area contributed by atoms with Gasteiger partial charge in [-0.05, 0) is 30.7 Å². The van der Waals surface area contributed by atoms with Gasteiger partial charge in [0.1, 0.15) is 5.69 Å². The maximum Gasteiger partial charge on any atom is 0.241 e. The molecule has 3 heteroatoms. The zero-order valence-corrected chi connectivity index (χ0v) is 12.8. The minimum absolute atomic E-state index is 0.552. The fourth-order valence-corrected chi connectivity index (χ4v) is 2.92. The third-order valence-corrected chi connectivity index (χ3v) is 4.15. The van der Waals surface area contributed by atoms with E-state index in [9.17, 15) is 0 Å². The van der Waals surface area contributed by atoms with Crippen LogP contribution in [0.1, 0.15) is 23.7 Å². The molecule has 23 heavy (non-hydrogen) atoms. The van der Waals surface area contributed by atoms with E-state index in [2.05, 4.69) is 35.1 Å². The van der Waals surface area contributed by atoms with Gasteiger partial charge in [-0.3, -0.25) is 4.98 Å². The third kappa shape index (κ3) is 2.30. The highest BCUT2D eigenvalue weighted by Gasteiger charge is 2.38. The van der Waals surface area contributed by atoms with E-state index in [4.69, 9.17) is 4.74 Å². The fraction of sp³-hybridized carbons (Fsp3) is 0.100. The number of aromatic nitrogens is 1. The van der Waals surface area contributed by atoms with Crippen molar-refractivity contribution in [3.05, 3.63) is 95.8 Å². The quantitative estimate of drug-likeness (QED) is 0.700. The van der Waals surface area contributed by atoms with E-state index in [0.29, 0.717) is 5.90 Å². The van der Waals surface area contributed by atoms with Gasteiger partial charge < -0.3 is 4.74 Å². The van der Waals surface area contributed by atoms with Gasteiger partial charge in [0.25, 0.3) is 0 Å². The molecule has 3 aromatic rings. The first-order chi connectivity index (χ1) is 11.3. The van der Waals surface area contributed by atoms with E-state index in [0.717, 1.165) is 22.5 Å². The number of benzene rings is 2. The van der Waals surface area contributed by atoms with Crippen LogP contribution in [0.4, 0.5) is 5.69 Å². The highest BCUT2D eigenvalue weighted by atomic mass is 16.5. The monoisotopic (exact) mass is 300 g/mol. The predicted octanol–water partition coefficient (Wildman–Crippen LogP) is 4.45. The molecule has 0 fully saturated rings. The van der Waals surface area contributed by atoms with Crippen LogP contribution >= 0.6 is 0 Å². The molecule has 0 radical (unpaired) electrons. The van der Waals surface area contributed by atoms with Gasteiger partial charge in [0.05, 0.1) is 5.69 Å². The highest BCUT2D eigenvalue weighted by molar-refractivity contribution is 5.96. The van der Waals surface area contributed by atoms with Gasteiger partial charge in [-0.15, -0.1) is 0 Å². The second-order valence-electron chi connectivity index (χ2n) is 5.65. The van der Waals surface area contributed by atoms with Gasteiger partial charge in [0, 0.05) is 11.8 Å². The lowest BCUT2D eigenvalue weighted by Crippen LogP contribution is -2.33. The Labute approximate surface area is 135 Å². The standard InChI is InChI=1S/C20H16N2O/c1-20(15-9-3-2-4-10-15)16-11-5-6-12-17(16)22-19(23-20)18-13-7-8-14-21-18/h2-14H,1H3. The lowest BCUT2D eigenvalue weighted by Gasteiger charge is -2.35. The van der Waals surface area contributed by atoms with Crippen LogP contribution in [0, 0.1) is 0 Å². The summed E-state index contributed by atoms with van der Waals surface area (Å²) in [5.74, 6) is 0.552. The van der Waals surface area contributed by atoms with Crippen molar-refractivity contribution in [1.82, 2.24) is 4.98 Å². The summed E-state index contributed by atoms with van der Waals surface area (Å²) in [5.41, 5.74) is 3.23. The Morgan fingerprint density at radius 3 is 2.35 bits per heavy atom. The number of fused-ring (bicyclic) bond motifs is 1. The Morgan fingerprint density at radius 2 is 1.57 bits per heavy atom. The van der Waals surface area contributed by atoms with Gasteiger partial charge in [-0.2, -0.15) is 0 Å². The van der Waals surface area contributed by atoms with E-state index in [1.165, 1.54) is 0 Å². The summed E-state index contributed by atoms with van der Waals surface area (Å²) in [5, 5.41) is 0. The molecule has 1 atom stereocenters. The number of pyridine rings is 1. The van der Waals surface area contributed by atoms with Crippen LogP contribution < -0.4 is 0 Å². The Balaban J connectivity index is 1.91. The van der Waals surface area contributed by atoms with Crippen molar-refractivity contribution in [1.29, 1.82) is 0 Å². The zero-order valence-electron chi connectivity index (χ0n) is 12.8. The first kappa shape index (κ1) is 13.7. The number of hydrogen-bond donors (Lipinski definition) is 0. The fourth-order valence-electron chi connectivity index (χ4n) is 2.92. The summed E-state index contributed by atoms with van der Waals surface area (Å²) in [4.78, 5) is 9.05. The molecule has 3 nitrogen and oxygen atoms in total. The second-order valence-corrected chi connectivity index (χ2v) is 5.65.